The number of methoxy groups -OCH3 is 1. The zero-order valence-corrected chi connectivity index (χ0v) is 22.8. The summed E-state index contributed by atoms with van der Waals surface area (Å²) in [5.41, 5.74) is 0.281. The molecule has 12 radical (unpaired) electrons. The highest BCUT2D eigenvalue weighted by molar-refractivity contribution is 7.90. The monoisotopic (exact) mass is 532 g/mol. The van der Waals surface area contributed by atoms with Gasteiger partial charge >= 0.3 is 0 Å². The highest BCUT2D eigenvalue weighted by Gasteiger charge is 2.41. The van der Waals surface area contributed by atoms with Crippen molar-refractivity contribution in [3.8, 4) is 11.5 Å². The Kier molecular flexibility index (Phi) is 8.05. The third kappa shape index (κ3) is 5.26. The smallest absolute Gasteiger partial charge is 0.257 e. The topological polar surface area (TPSA) is 102 Å². The van der Waals surface area contributed by atoms with Crippen LogP contribution in [0.3, 0.4) is 0 Å². The third-order valence-electron chi connectivity index (χ3n) is 6.95. The third-order valence-corrected chi connectivity index (χ3v) is 7.88. The summed E-state index contributed by atoms with van der Waals surface area (Å²) in [5, 5.41) is 2.72. The lowest BCUT2D eigenvalue weighted by Crippen LogP contribution is -2.45. The number of anilines is 1. The SMILES string of the molecule is [B]c1c([B])c2c(c(NC(=O)C3CC3)c1[B])C(=O)N([C@H](CS(C)(=O)=O)c1c([B])c([B])c(OC)c(OCC)c1[B])C2. The fourth-order valence-corrected chi connectivity index (χ4v) is 5.77. The van der Waals surface area contributed by atoms with Gasteiger partial charge in [-0.15, -0.1) is 5.46 Å². The van der Waals surface area contributed by atoms with Crippen molar-refractivity contribution in [1.29, 1.82) is 0 Å². The van der Waals surface area contributed by atoms with Crippen LogP contribution >= 0.6 is 0 Å². The molecule has 1 N–H and O–H groups in total. The van der Waals surface area contributed by atoms with Crippen molar-refractivity contribution in [1.82, 2.24) is 4.90 Å². The van der Waals surface area contributed by atoms with Crippen LogP contribution in [-0.4, -0.2) is 97.9 Å². The largest absolute Gasteiger partial charge is 0.494 e. The number of nitrogens with zero attached hydrogens (tertiary/aromatic N) is 1. The molecule has 2 amide bonds. The number of sulfone groups is 1. The molecule has 1 aliphatic heterocycles. The van der Waals surface area contributed by atoms with Gasteiger partial charge in [-0.25, -0.2) is 8.42 Å². The highest BCUT2D eigenvalue weighted by atomic mass is 32.2. The predicted octanol–water partition coefficient (Wildman–Crippen LogP) is -4.05. The van der Waals surface area contributed by atoms with E-state index in [9.17, 15) is 18.0 Å². The number of hydrogen-bond acceptors (Lipinski definition) is 6. The maximum atomic E-state index is 14.0. The maximum absolute atomic E-state index is 14.0. The average Bonchev–Trinajstić information content (AvgIpc) is 3.66. The zero-order chi connectivity index (χ0) is 29.0. The van der Waals surface area contributed by atoms with E-state index in [0.717, 1.165) is 6.26 Å². The second-order valence-corrected chi connectivity index (χ2v) is 11.9. The minimum atomic E-state index is -3.73. The number of benzene rings is 2. The van der Waals surface area contributed by atoms with E-state index in [1.54, 1.807) is 6.92 Å². The number of carbonyl (C=O) groups is 2. The van der Waals surface area contributed by atoms with Gasteiger partial charge in [0.15, 0.2) is 11.5 Å². The lowest BCUT2D eigenvalue weighted by Gasteiger charge is -2.33. The second kappa shape index (κ2) is 10.7. The first-order valence-corrected chi connectivity index (χ1v) is 14.2. The minimum absolute atomic E-state index is 0.000474. The molecule has 1 atom stereocenters. The molecular formula is C24H22B6N2O6S. The molecule has 15 heteroatoms. The summed E-state index contributed by atoms with van der Waals surface area (Å²) in [7, 11) is 35.3. The number of ether oxygens (including phenoxy) is 2. The van der Waals surface area contributed by atoms with E-state index in [1.165, 1.54) is 12.0 Å². The Morgan fingerprint density at radius 1 is 1.00 bits per heavy atom. The summed E-state index contributed by atoms with van der Waals surface area (Å²) in [6.45, 7) is 1.74. The van der Waals surface area contributed by atoms with E-state index < -0.39 is 27.5 Å². The average molecular weight is 531 g/mol. The van der Waals surface area contributed by atoms with Gasteiger partial charge in [0, 0.05) is 24.4 Å². The Hall–Kier alpha value is -2.68. The molecule has 188 valence electrons. The minimum Gasteiger partial charge on any atom is -0.494 e. The molecule has 1 heterocycles. The van der Waals surface area contributed by atoms with Crippen LogP contribution in [0.15, 0.2) is 0 Å². The normalized spacial score (nSPS) is 15.7. The van der Waals surface area contributed by atoms with Crippen LogP contribution in [0.2, 0.25) is 0 Å². The molecule has 8 nitrogen and oxygen atoms in total. The lowest BCUT2D eigenvalue weighted by atomic mass is 9.68. The Balaban J connectivity index is 1.92. The van der Waals surface area contributed by atoms with E-state index in [4.69, 9.17) is 56.6 Å². The van der Waals surface area contributed by atoms with Crippen LogP contribution < -0.4 is 47.6 Å². The van der Waals surface area contributed by atoms with Crippen molar-refractivity contribution in [3.63, 3.8) is 0 Å². The molecule has 1 fully saturated rings. The van der Waals surface area contributed by atoms with Gasteiger partial charge in [0.05, 0.1) is 31.1 Å². The first-order chi connectivity index (χ1) is 18.2. The molecule has 0 aromatic heterocycles. The van der Waals surface area contributed by atoms with Gasteiger partial charge in [-0.1, -0.05) is 21.9 Å². The summed E-state index contributed by atoms with van der Waals surface area (Å²) in [6, 6.07) is -1.22. The molecule has 0 unspecified atom stereocenters. The summed E-state index contributed by atoms with van der Waals surface area (Å²) in [4.78, 5) is 27.9. The quantitative estimate of drug-likeness (QED) is 0.331. The van der Waals surface area contributed by atoms with Crippen molar-refractivity contribution < 1.29 is 27.5 Å². The van der Waals surface area contributed by atoms with Crippen LogP contribution in [0, 0.1) is 5.92 Å². The van der Waals surface area contributed by atoms with Gasteiger partial charge in [0.1, 0.15) is 56.9 Å². The van der Waals surface area contributed by atoms with E-state index in [-0.39, 0.29) is 86.1 Å². The first-order valence-electron chi connectivity index (χ1n) is 12.2. The zero-order valence-electron chi connectivity index (χ0n) is 22.0. The molecule has 0 bridgehead atoms. The van der Waals surface area contributed by atoms with E-state index in [2.05, 4.69) is 5.32 Å². The Labute approximate surface area is 236 Å². The molecule has 0 saturated heterocycles. The first kappa shape index (κ1) is 29.3. The van der Waals surface area contributed by atoms with Crippen LogP contribution in [0.25, 0.3) is 0 Å². The Bertz CT molecular complexity index is 1500. The van der Waals surface area contributed by atoms with E-state index in [1.807, 2.05) is 0 Å². The molecule has 2 aromatic rings. The van der Waals surface area contributed by atoms with Gasteiger partial charge < -0.3 is 19.7 Å². The Morgan fingerprint density at radius 2 is 1.64 bits per heavy atom. The van der Waals surface area contributed by atoms with E-state index >= 15 is 0 Å². The van der Waals surface area contributed by atoms with Gasteiger partial charge in [-0.05, 0) is 36.4 Å². The Morgan fingerprint density at radius 3 is 2.18 bits per heavy atom. The van der Waals surface area contributed by atoms with Crippen molar-refractivity contribution >= 4 is 107 Å². The molecule has 2 aliphatic rings. The van der Waals surface area contributed by atoms with Crippen LogP contribution in [-0.2, 0) is 21.2 Å². The van der Waals surface area contributed by atoms with Crippen molar-refractivity contribution in [2.45, 2.75) is 32.4 Å². The molecule has 4 rings (SSSR count). The van der Waals surface area contributed by atoms with Crippen LogP contribution in [0.1, 0.15) is 47.3 Å². The predicted molar refractivity (Wildman–Crippen MR) is 157 cm³/mol. The van der Waals surface area contributed by atoms with Crippen molar-refractivity contribution in [2.24, 2.45) is 5.92 Å². The number of carbonyl (C=O) groups excluding carboxylic acids is 2. The standard InChI is InChI=1S/C24H22B6N2O6S/c1-4-38-22-16(27)13(15(26)19(30)21(22)37-2)11(8-39(3,35)36)32-7-10-12(24(32)34)20(18(29)17(28)14(10)25)31-23(33)9-5-6-9/h9,11H,4-8H2,1-3H3,(H,31,33)/t11-/m1/s1. The number of hydrogen-bond donors (Lipinski definition) is 1. The van der Waals surface area contributed by atoms with Gasteiger partial charge in [-0.3, -0.25) is 9.59 Å². The lowest BCUT2D eigenvalue weighted by molar-refractivity contribution is -0.117. The fourth-order valence-electron chi connectivity index (χ4n) is 4.85. The maximum Gasteiger partial charge on any atom is 0.257 e. The molecular weight excluding hydrogens is 509 g/mol. The number of rotatable bonds is 9. The van der Waals surface area contributed by atoms with Crippen molar-refractivity contribution in [2.75, 3.05) is 31.0 Å². The molecule has 2 aromatic carbocycles. The van der Waals surface area contributed by atoms with Crippen LogP contribution in [0.4, 0.5) is 5.69 Å². The summed E-state index contributed by atoms with van der Waals surface area (Å²) in [5.74, 6) is -1.55. The number of fused-ring (bicyclic) bond motifs is 1. The fraction of sp³-hybridized carbons (Fsp3) is 0.417. The number of amides is 2. The van der Waals surface area contributed by atoms with Gasteiger partial charge in [-0.2, -0.15) is 0 Å². The van der Waals surface area contributed by atoms with Gasteiger partial charge in [0.2, 0.25) is 5.91 Å². The van der Waals surface area contributed by atoms with Crippen LogP contribution in [0.5, 0.6) is 11.5 Å². The summed E-state index contributed by atoms with van der Waals surface area (Å²) >= 11 is 0. The number of nitrogens with one attached hydrogen (secondary N) is 1. The summed E-state index contributed by atoms with van der Waals surface area (Å²) in [6.07, 6.45) is 2.45. The van der Waals surface area contributed by atoms with Gasteiger partial charge in [0.25, 0.3) is 5.91 Å². The second-order valence-electron chi connectivity index (χ2n) is 9.72. The highest BCUT2D eigenvalue weighted by Crippen LogP contribution is 2.36. The summed E-state index contributed by atoms with van der Waals surface area (Å²) < 4.78 is 36.3. The molecule has 1 saturated carbocycles. The van der Waals surface area contributed by atoms with E-state index in [0.29, 0.717) is 18.4 Å². The van der Waals surface area contributed by atoms with Crippen molar-refractivity contribution in [3.05, 3.63) is 16.7 Å². The molecule has 0 spiro atoms. The molecule has 1 aliphatic carbocycles. The molecule has 39 heavy (non-hydrogen) atoms.